The van der Waals surface area contributed by atoms with Crippen molar-refractivity contribution in [2.45, 2.75) is 52.2 Å². The lowest BCUT2D eigenvalue weighted by molar-refractivity contribution is -0.130. The second-order valence-electron chi connectivity index (χ2n) is 6.65. The molecule has 0 aromatic heterocycles. The van der Waals surface area contributed by atoms with Crippen molar-refractivity contribution in [3.05, 3.63) is 29.8 Å². The Bertz CT molecular complexity index is 640. The number of rotatable bonds is 9. The van der Waals surface area contributed by atoms with E-state index in [4.69, 9.17) is 0 Å². The van der Waals surface area contributed by atoms with E-state index in [2.05, 4.69) is 20.4 Å². The third kappa shape index (κ3) is 7.70. The number of ether oxygens (including phenoxy) is 1. The highest BCUT2D eigenvalue weighted by Crippen LogP contribution is 2.20. The van der Waals surface area contributed by atoms with Gasteiger partial charge in [0, 0.05) is 38.2 Å². The van der Waals surface area contributed by atoms with Crippen LogP contribution in [0.3, 0.4) is 0 Å². The maximum atomic E-state index is 12.5. The summed E-state index contributed by atoms with van der Waals surface area (Å²) in [6, 6.07) is 6.64. The average molecular weight is 396 g/mol. The van der Waals surface area contributed by atoms with Gasteiger partial charge in [0.25, 0.3) is 0 Å². The van der Waals surface area contributed by atoms with E-state index in [1.807, 2.05) is 11.8 Å². The highest BCUT2D eigenvalue weighted by molar-refractivity contribution is 5.79. The van der Waals surface area contributed by atoms with Crippen molar-refractivity contribution in [1.82, 2.24) is 15.5 Å². The van der Waals surface area contributed by atoms with Crippen LogP contribution < -0.4 is 15.4 Å². The molecule has 1 saturated heterocycles. The van der Waals surface area contributed by atoms with Gasteiger partial charge in [0.05, 0.1) is 6.54 Å². The largest absolute Gasteiger partial charge is 0.434 e. The zero-order valence-electron chi connectivity index (χ0n) is 16.4. The summed E-state index contributed by atoms with van der Waals surface area (Å²) in [6.07, 6.45) is 4.65. The summed E-state index contributed by atoms with van der Waals surface area (Å²) in [6.45, 7) is 2.25. The minimum Gasteiger partial charge on any atom is -0.434 e. The molecule has 6 nitrogen and oxygen atoms in total. The molecule has 0 atom stereocenters. The number of para-hydroxylation sites is 1. The molecule has 0 bridgehead atoms. The van der Waals surface area contributed by atoms with Gasteiger partial charge in [-0.1, -0.05) is 24.6 Å². The number of alkyl halides is 2. The van der Waals surface area contributed by atoms with E-state index in [1.165, 1.54) is 6.07 Å². The third-order valence-electron chi connectivity index (χ3n) is 4.51. The Morgan fingerprint density at radius 2 is 2.07 bits per heavy atom. The molecule has 156 valence electrons. The first-order valence-electron chi connectivity index (χ1n) is 9.92. The Balaban J connectivity index is 1.84. The molecular formula is C20H30F2N4O2. The zero-order valence-corrected chi connectivity index (χ0v) is 16.4. The minimum atomic E-state index is -2.86. The van der Waals surface area contributed by atoms with Gasteiger partial charge in [-0.3, -0.25) is 4.79 Å². The maximum absolute atomic E-state index is 12.5. The normalized spacial score (nSPS) is 15.5. The molecule has 8 heteroatoms. The number of carbonyl (C=O) groups excluding carboxylic acids is 1. The Kier molecular flexibility index (Phi) is 9.51. The van der Waals surface area contributed by atoms with Crippen molar-refractivity contribution in [1.29, 1.82) is 0 Å². The minimum absolute atomic E-state index is 0.136. The number of guanidine groups is 1. The van der Waals surface area contributed by atoms with Crippen molar-refractivity contribution in [3.8, 4) is 5.75 Å². The molecule has 1 amide bonds. The van der Waals surface area contributed by atoms with Crippen LogP contribution >= 0.6 is 0 Å². The smallest absolute Gasteiger partial charge is 0.387 e. The van der Waals surface area contributed by atoms with Crippen molar-refractivity contribution in [2.75, 3.05) is 26.2 Å². The Morgan fingerprint density at radius 1 is 1.25 bits per heavy atom. The lowest BCUT2D eigenvalue weighted by Crippen LogP contribution is -2.39. The average Bonchev–Trinajstić information content (AvgIpc) is 2.88. The first kappa shape index (κ1) is 21.9. The fourth-order valence-corrected chi connectivity index (χ4v) is 3.10. The van der Waals surface area contributed by atoms with Crippen LogP contribution in [-0.4, -0.2) is 49.6 Å². The molecule has 1 aromatic carbocycles. The Hall–Kier alpha value is -2.38. The lowest BCUT2D eigenvalue weighted by Gasteiger charge is -2.20. The second-order valence-corrected chi connectivity index (χ2v) is 6.65. The number of benzene rings is 1. The van der Waals surface area contributed by atoms with Crippen LogP contribution in [0.2, 0.25) is 0 Å². The van der Waals surface area contributed by atoms with Gasteiger partial charge < -0.3 is 20.3 Å². The summed E-state index contributed by atoms with van der Waals surface area (Å²) in [7, 11) is 0. The monoisotopic (exact) mass is 396 g/mol. The van der Waals surface area contributed by atoms with E-state index < -0.39 is 6.61 Å². The van der Waals surface area contributed by atoms with Crippen molar-refractivity contribution in [2.24, 2.45) is 4.99 Å². The first-order chi connectivity index (χ1) is 13.6. The maximum Gasteiger partial charge on any atom is 0.387 e. The van der Waals surface area contributed by atoms with Gasteiger partial charge >= 0.3 is 6.61 Å². The van der Waals surface area contributed by atoms with Gasteiger partial charge in [-0.15, -0.1) is 0 Å². The van der Waals surface area contributed by atoms with E-state index in [1.54, 1.807) is 18.2 Å². The van der Waals surface area contributed by atoms with Gasteiger partial charge in [-0.05, 0) is 32.3 Å². The molecule has 0 saturated carbocycles. The number of aliphatic imine (C=N–C) groups is 1. The summed E-state index contributed by atoms with van der Waals surface area (Å²) >= 11 is 0. The quantitative estimate of drug-likeness (QED) is 0.382. The van der Waals surface area contributed by atoms with Gasteiger partial charge in [-0.2, -0.15) is 8.78 Å². The molecular weight excluding hydrogens is 366 g/mol. The first-order valence-corrected chi connectivity index (χ1v) is 9.92. The number of hydrogen-bond acceptors (Lipinski definition) is 3. The van der Waals surface area contributed by atoms with E-state index in [0.717, 1.165) is 38.8 Å². The number of nitrogens with one attached hydrogen (secondary N) is 2. The SMILES string of the molecule is CCNC(=NCc1ccccc1OC(F)F)NCCCN1CCCCCC1=O. The second kappa shape index (κ2) is 12.2. The number of nitrogens with zero attached hydrogens (tertiary/aromatic N) is 2. The molecule has 1 aromatic rings. The number of halogens is 2. The molecule has 2 N–H and O–H groups in total. The predicted molar refractivity (Wildman–Crippen MR) is 106 cm³/mol. The van der Waals surface area contributed by atoms with E-state index in [9.17, 15) is 13.6 Å². The molecule has 1 aliphatic heterocycles. The summed E-state index contributed by atoms with van der Waals surface area (Å²) in [5.41, 5.74) is 0.593. The highest BCUT2D eigenvalue weighted by Gasteiger charge is 2.15. The van der Waals surface area contributed by atoms with Crippen molar-refractivity contribution >= 4 is 11.9 Å². The molecule has 0 radical (unpaired) electrons. The summed E-state index contributed by atoms with van der Waals surface area (Å²) in [4.78, 5) is 18.4. The molecule has 1 aliphatic rings. The van der Waals surface area contributed by atoms with Gasteiger partial charge in [0.2, 0.25) is 5.91 Å². The van der Waals surface area contributed by atoms with Crippen molar-refractivity contribution < 1.29 is 18.3 Å². The zero-order chi connectivity index (χ0) is 20.2. The van der Waals surface area contributed by atoms with Crippen LogP contribution in [0.1, 0.15) is 44.6 Å². The topological polar surface area (TPSA) is 66.0 Å². The molecule has 28 heavy (non-hydrogen) atoms. The molecule has 0 spiro atoms. The Morgan fingerprint density at radius 3 is 2.86 bits per heavy atom. The fourth-order valence-electron chi connectivity index (χ4n) is 3.10. The van der Waals surface area contributed by atoms with Crippen LogP contribution in [0, 0.1) is 0 Å². The molecule has 1 heterocycles. The predicted octanol–water partition coefficient (Wildman–Crippen LogP) is 3.14. The summed E-state index contributed by atoms with van der Waals surface area (Å²) in [5.74, 6) is 0.988. The van der Waals surface area contributed by atoms with Crippen LogP contribution in [0.4, 0.5) is 8.78 Å². The molecule has 0 unspecified atom stereocenters. The number of likely N-dealkylation sites (tertiary alicyclic amines) is 1. The van der Waals surface area contributed by atoms with E-state index >= 15 is 0 Å². The molecule has 0 aliphatic carbocycles. The van der Waals surface area contributed by atoms with Crippen LogP contribution in [0.5, 0.6) is 5.75 Å². The lowest BCUT2D eigenvalue weighted by atomic mass is 10.2. The van der Waals surface area contributed by atoms with E-state index in [0.29, 0.717) is 31.0 Å². The standard InChI is InChI=1S/C20H30F2N4O2/c1-2-23-20(24-12-8-14-26-13-7-3-4-11-18(26)27)25-15-16-9-5-6-10-17(16)28-19(21)22/h5-6,9-10,19H,2-4,7-8,11-15H2,1H3,(H2,23,24,25). The fraction of sp³-hybridized carbons (Fsp3) is 0.600. The summed E-state index contributed by atoms with van der Waals surface area (Å²) < 4.78 is 29.6. The number of amides is 1. The third-order valence-corrected chi connectivity index (χ3v) is 4.51. The van der Waals surface area contributed by atoms with Crippen LogP contribution in [0.15, 0.2) is 29.3 Å². The van der Waals surface area contributed by atoms with Crippen molar-refractivity contribution in [3.63, 3.8) is 0 Å². The van der Waals surface area contributed by atoms with Gasteiger partial charge in [0.15, 0.2) is 5.96 Å². The van der Waals surface area contributed by atoms with Crippen LogP contribution in [0.25, 0.3) is 0 Å². The van der Waals surface area contributed by atoms with E-state index in [-0.39, 0.29) is 18.2 Å². The van der Waals surface area contributed by atoms with Gasteiger partial charge in [0.1, 0.15) is 5.75 Å². The number of hydrogen-bond donors (Lipinski definition) is 2. The molecule has 1 fully saturated rings. The number of carbonyl (C=O) groups is 1. The highest BCUT2D eigenvalue weighted by atomic mass is 19.3. The molecule has 2 rings (SSSR count). The summed E-state index contributed by atoms with van der Waals surface area (Å²) in [5, 5.41) is 6.37. The Labute approximate surface area is 165 Å². The van der Waals surface area contributed by atoms with Crippen LogP contribution in [-0.2, 0) is 11.3 Å². The van der Waals surface area contributed by atoms with Gasteiger partial charge in [-0.25, -0.2) is 4.99 Å².